The van der Waals surface area contributed by atoms with E-state index in [4.69, 9.17) is 0 Å². The number of nitrogens with zero attached hydrogens (tertiary/aromatic N) is 2. The molecular weight excluding hydrogens is 392 g/mol. The number of aliphatic carboxylic acids is 1. The van der Waals surface area contributed by atoms with Gasteiger partial charge < -0.3 is 10.2 Å². The van der Waals surface area contributed by atoms with Gasteiger partial charge in [-0.3, -0.25) is 0 Å². The number of rotatable bonds is 5. The Morgan fingerprint density at radius 1 is 1.17 bits per heavy atom. The lowest BCUT2D eigenvalue weighted by Gasteiger charge is -2.32. The number of benzene rings is 2. The zero-order valence-electron chi connectivity index (χ0n) is 16.0. The smallest absolute Gasteiger partial charge is 0.370 e. The van der Waals surface area contributed by atoms with Crippen LogP contribution in [0, 0.1) is 0 Å². The highest BCUT2D eigenvalue weighted by Gasteiger charge is 2.45. The van der Waals surface area contributed by atoms with Crippen LogP contribution in [0.1, 0.15) is 30.7 Å². The van der Waals surface area contributed by atoms with Crippen molar-refractivity contribution in [1.82, 2.24) is 4.31 Å². The number of hydrogen-bond acceptors (Lipinski definition) is 4. The minimum atomic E-state index is -3.69. The molecule has 0 bridgehead atoms. The van der Waals surface area contributed by atoms with E-state index in [9.17, 15) is 23.4 Å². The van der Waals surface area contributed by atoms with Crippen LogP contribution in [-0.4, -0.2) is 58.8 Å². The van der Waals surface area contributed by atoms with Gasteiger partial charge in [-0.25, -0.2) is 13.2 Å². The summed E-state index contributed by atoms with van der Waals surface area (Å²) in [6.45, 7) is -0.0881. The lowest BCUT2D eigenvalue weighted by Crippen LogP contribution is -2.42. The third kappa shape index (κ3) is 3.42. The normalized spacial score (nSPS) is 21.2. The van der Waals surface area contributed by atoms with E-state index in [-0.39, 0.29) is 29.1 Å². The molecule has 4 rings (SSSR count). The third-order valence-electron chi connectivity index (χ3n) is 5.91. The Bertz CT molecular complexity index is 1090. The molecule has 1 fully saturated rings. The summed E-state index contributed by atoms with van der Waals surface area (Å²) in [5.74, 6) is -0.853. The van der Waals surface area contributed by atoms with E-state index in [0.717, 1.165) is 17.0 Å². The Kier molecular flexibility index (Phi) is 4.92. The molecule has 0 saturated heterocycles. The van der Waals surface area contributed by atoms with Crippen LogP contribution >= 0.6 is 0 Å². The van der Waals surface area contributed by atoms with Crippen molar-refractivity contribution in [2.45, 2.75) is 36.1 Å². The van der Waals surface area contributed by atoms with Crippen LogP contribution in [0.2, 0.25) is 0 Å². The molecular formula is C21H23N2O5S+. The van der Waals surface area contributed by atoms with Gasteiger partial charge in [0.15, 0.2) is 5.71 Å². The lowest BCUT2D eigenvalue weighted by molar-refractivity contribution is -0.430. The zero-order valence-corrected chi connectivity index (χ0v) is 16.8. The largest absolute Gasteiger partial charge is 0.508 e. The highest BCUT2D eigenvalue weighted by atomic mass is 32.2. The molecule has 1 aliphatic carbocycles. The van der Waals surface area contributed by atoms with Crippen molar-refractivity contribution in [2.75, 3.05) is 13.6 Å². The first-order valence-corrected chi connectivity index (χ1v) is 10.9. The second-order valence-corrected chi connectivity index (χ2v) is 9.52. The van der Waals surface area contributed by atoms with Crippen molar-refractivity contribution in [1.29, 1.82) is 0 Å². The first-order valence-electron chi connectivity index (χ1n) is 9.50. The van der Waals surface area contributed by atoms with Gasteiger partial charge in [-0.15, -0.1) is 0 Å². The summed E-state index contributed by atoms with van der Waals surface area (Å²) in [6, 6.07) is 13.1. The third-order valence-corrected chi connectivity index (χ3v) is 7.84. The number of phenols is 1. The Morgan fingerprint density at radius 2 is 1.86 bits per heavy atom. The number of sulfonamides is 1. The second kappa shape index (κ2) is 7.27. The molecule has 7 nitrogen and oxygen atoms in total. The molecule has 1 aliphatic heterocycles. The Morgan fingerprint density at radius 3 is 2.55 bits per heavy atom. The van der Waals surface area contributed by atoms with Crippen LogP contribution < -0.4 is 0 Å². The van der Waals surface area contributed by atoms with Gasteiger partial charge in [0.05, 0.1) is 10.8 Å². The number of aromatic hydroxyl groups is 1. The number of para-hydroxylation sites is 1. The molecule has 0 radical (unpaired) electrons. The van der Waals surface area contributed by atoms with Gasteiger partial charge in [-0.05, 0) is 37.1 Å². The average molecular weight is 415 g/mol. The van der Waals surface area contributed by atoms with Gasteiger partial charge in [0, 0.05) is 31.1 Å². The highest BCUT2D eigenvalue weighted by Crippen LogP contribution is 2.43. The number of phenolic OH excluding ortho intramolecular Hbond substituents is 1. The fourth-order valence-corrected chi connectivity index (χ4v) is 5.86. The standard InChI is InChI=1S/C21H22N2O5S/c1-22(29(27,28)16-9-7-15(24)8-10-16)14-6-11-20-18(12-14)17-4-2-3-5-19(17)23(20)13-21(25)26/h2-5,7-10,14,18H,6,11-13H2,1H3,(H-,24,25,26)/p+1. The molecule has 0 amide bonds. The molecule has 2 N–H and O–H groups in total. The van der Waals surface area contributed by atoms with Crippen LogP contribution in [0.4, 0.5) is 5.69 Å². The molecule has 2 aliphatic rings. The second-order valence-electron chi connectivity index (χ2n) is 7.53. The van der Waals surface area contributed by atoms with E-state index in [0.29, 0.717) is 19.3 Å². The van der Waals surface area contributed by atoms with E-state index in [1.54, 1.807) is 7.05 Å². The van der Waals surface area contributed by atoms with Crippen LogP contribution in [0.25, 0.3) is 0 Å². The summed E-state index contributed by atoms with van der Waals surface area (Å²) in [4.78, 5) is 11.5. The zero-order chi connectivity index (χ0) is 20.8. The molecule has 152 valence electrons. The van der Waals surface area contributed by atoms with E-state index in [1.807, 2.05) is 28.8 Å². The van der Waals surface area contributed by atoms with Crippen molar-refractivity contribution in [3.8, 4) is 5.75 Å². The summed E-state index contributed by atoms with van der Waals surface area (Å²) in [7, 11) is -2.10. The number of carboxylic acids is 1. The fraction of sp³-hybridized carbons (Fsp3) is 0.333. The molecule has 1 saturated carbocycles. The predicted molar refractivity (Wildman–Crippen MR) is 107 cm³/mol. The lowest BCUT2D eigenvalue weighted by atomic mass is 9.81. The van der Waals surface area contributed by atoms with E-state index in [1.165, 1.54) is 28.6 Å². The van der Waals surface area contributed by atoms with Crippen molar-refractivity contribution in [3.05, 3.63) is 54.1 Å². The van der Waals surface area contributed by atoms with Crippen LogP contribution in [0.3, 0.4) is 0 Å². The van der Waals surface area contributed by atoms with Crippen molar-refractivity contribution >= 4 is 27.4 Å². The van der Waals surface area contributed by atoms with Gasteiger partial charge in [0.25, 0.3) is 0 Å². The van der Waals surface area contributed by atoms with Gasteiger partial charge >= 0.3 is 5.97 Å². The number of hydrogen-bond donors (Lipinski definition) is 2. The molecule has 2 aromatic carbocycles. The van der Waals surface area contributed by atoms with E-state index >= 15 is 0 Å². The highest BCUT2D eigenvalue weighted by molar-refractivity contribution is 7.89. The van der Waals surface area contributed by atoms with Gasteiger partial charge in [-0.1, -0.05) is 18.2 Å². The number of carboxylic acid groups (broad SMARTS) is 1. The molecule has 29 heavy (non-hydrogen) atoms. The van der Waals surface area contributed by atoms with Gasteiger partial charge in [-0.2, -0.15) is 8.88 Å². The number of fused-ring (bicyclic) bond motifs is 3. The average Bonchev–Trinajstić information content (AvgIpc) is 3.00. The quantitative estimate of drug-likeness (QED) is 0.732. The summed E-state index contributed by atoms with van der Waals surface area (Å²) < 4.78 is 29.4. The molecule has 1 heterocycles. The summed E-state index contributed by atoms with van der Waals surface area (Å²) in [5, 5.41) is 18.8. The summed E-state index contributed by atoms with van der Waals surface area (Å²) >= 11 is 0. The van der Waals surface area contributed by atoms with Crippen LogP contribution in [-0.2, 0) is 14.8 Å². The van der Waals surface area contributed by atoms with Crippen molar-refractivity contribution in [2.24, 2.45) is 0 Å². The van der Waals surface area contributed by atoms with Crippen molar-refractivity contribution in [3.63, 3.8) is 0 Å². The topological polar surface area (TPSA) is 97.9 Å². The molecule has 2 unspecified atom stereocenters. The van der Waals surface area contributed by atoms with Gasteiger partial charge in [0.1, 0.15) is 5.75 Å². The first kappa shape index (κ1) is 19.6. The maximum atomic E-state index is 13.0. The molecule has 2 atom stereocenters. The Balaban J connectivity index is 1.64. The molecule has 2 aromatic rings. The monoisotopic (exact) mass is 415 g/mol. The Labute approximate surface area is 169 Å². The summed E-state index contributed by atoms with van der Waals surface area (Å²) in [6.07, 6.45) is 1.88. The first-order chi connectivity index (χ1) is 13.8. The molecule has 0 aromatic heterocycles. The number of carbonyl (C=O) groups is 1. The van der Waals surface area contributed by atoms with Gasteiger partial charge in [0.2, 0.25) is 22.3 Å². The van der Waals surface area contributed by atoms with Crippen LogP contribution in [0.15, 0.2) is 53.4 Å². The SMILES string of the molecule is CN(C1CCC2=[N+](CC(=O)O)c3ccccc3C2C1)S(=O)(=O)c1ccc(O)cc1. The Hall–Kier alpha value is -2.71. The molecule has 0 spiro atoms. The maximum Gasteiger partial charge on any atom is 0.370 e. The van der Waals surface area contributed by atoms with E-state index < -0.39 is 16.0 Å². The summed E-state index contributed by atoms with van der Waals surface area (Å²) in [5.41, 5.74) is 3.02. The minimum Gasteiger partial charge on any atom is -0.508 e. The minimum absolute atomic E-state index is 0.0155. The predicted octanol–water partition coefficient (Wildman–Crippen LogP) is 2.53. The van der Waals surface area contributed by atoms with Crippen LogP contribution in [0.5, 0.6) is 5.75 Å². The van der Waals surface area contributed by atoms with E-state index in [2.05, 4.69) is 0 Å². The maximum absolute atomic E-state index is 13.0. The fourth-order valence-electron chi connectivity index (χ4n) is 4.46. The molecule has 8 heteroatoms. The van der Waals surface area contributed by atoms with Crippen molar-refractivity contribution < 1.29 is 28.0 Å².